The molecule has 0 amide bonds. The fraction of sp³-hybridized carbons (Fsp3) is 0.333. The molecule has 158 valence electrons. The van der Waals surface area contributed by atoms with Crippen LogP contribution in [0, 0.1) is 0 Å². The number of aromatic nitrogens is 1. The molecule has 6 heteroatoms. The summed E-state index contributed by atoms with van der Waals surface area (Å²) in [7, 11) is 1.88. The van der Waals surface area contributed by atoms with Crippen LogP contribution in [-0.4, -0.2) is 48.2 Å². The highest BCUT2D eigenvalue weighted by Gasteiger charge is 2.18. The average molecular weight is 425 g/mol. The van der Waals surface area contributed by atoms with Gasteiger partial charge in [-0.05, 0) is 51.1 Å². The number of thiazole rings is 1. The van der Waals surface area contributed by atoms with Crippen molar-refractivity contribution >= 4 is 17.3 Å². The van der Waals surface area contributed by atoms with Gasteiger partial charge in [-0.3, -0.25) is 9.69 Å². The summed E-state index contributed by atoms with van der Waals surface area (Å²) in [6, 6.07) is 16.4. The van der Waals surface area contributed by atoms with Crippen molar-refractivity contribution < 1.29 is 14.3 Å². The first-order valence-electron chi connectivity index (χ1n) is 9.94. The Morgan fingerprint density at radius 2 is 1.87 bits per heavy atom. The largest absolute Gasteiger partial charge is 0.492 e. The summed E-state index contributed by atoms with van der Waals surface area (Å²) in [6.45, 7) is 6.90. The number of likely N-dealkylation sites (N-methyl/N-ethyl adjacent to an activating group) is 1. The Labute approximate surface area is 182 Å². The standard InChI is InChI=1S/C24H28N2O3S/c1-24(2,3)29-22(27)17-26(4)13-14-28-21-11-10-19(18-8-6-5-7-9-18)16-20(21)23-25-12-15-30-23/h5-12,15-16H,13-14,17H2,1-4H3. The summed E-state index contributed by atoms with van der Waals surface area (Å²) >= 11 is 1.58. The van der Waals surface area contributed by atoms with Gasteiger partial charge in [0.05, 0.1) is 12.1 Å². The van der Waals surface area contributed by atoms with Crippen molar-refractivity contribution in [1.82, 2.24) is 9.88 Å². The number of hydrogen-bond acceptors (Lipinski definition) is 6. The summed E-state index contributed by atoms with van der Waals surface area (Å²) in [5, 5.41) is 2.88. The Hall–Kier alpha value is -2.70. The highest BCUT2D eigenvalue weighted by atomic mass is 32.1. The summed E-state index contributed by atoms with van der Waals surface area (Å²) in [5.41, 5.74) is 2.77. The third-order valence-electron chi connectivity index (χ3n) is 4.30. The van der Waals surface area contributed by atoms with Crippen LogP contribution in [0.2, 0.25) is 0 Å². The lowest BCUT2D eigenvalue weighted by Crippen LogP contribution is -2.34. The molecule has 0 aliphatic heterocycles. The van der Waals surface area contributed by atoms with Gasteiger partial charge in [-0.1, -0.05) is 36.4 Å². The van der Waals surface area contributed by atoms with Crippen molar-refractivity contribution in [3.63, 3.8) is 0 Å². The van der Waals surface area contributed by atoms with E-state index in [2.05, 4.69) is 29.2 Å². The molecule has 1 heterocycles. The van der Waals surface area contributed by atoms with E-state index in [1.54, 1.807) is 17.5 Å². The lowest BCUT2D eigenvalue weighted by Gasteiger charge is -2.22. The fourth-order valence-corrected chi connectivity index (χ4v) is 3.63. The minimum Gasteiger partial charge on any atom is -0.492 e. The molecule has 0 aliphatic carbocycles. The van der Waals surface area contributed by atoms with Crippen LogP contribution in [0.15, 0.2) is 60.1 Å². The predicted octanol–water partition coefficient (Wildman–Crippen LogP) is 5.13. The number of ether oxygens (including phenoxy) is 2. The molecular formula is C24H28N2O3S. The number of nitrogens with zero attached hydrogens (tertiary/aromatic N) is 2. The first kappa shape index (κ1) is 22.0. The lowest BCUT2D eigenvalue weighted by molar-refractivity contribution is -0.155. The second kappa shape index (κ2) is 9.87. The van der Waals surface area contributed by atoms with E-state index in [9.17, 15) is 4.79 Å². The van der Waals surface area contributed by atoms with E-state index in [0.29, 0.717) is 13.2 Å². The van der Waals surface area contributed by atoms with Crippen molar-refractivity contribution in [2.24, 2.45) is 0 Å². The van der Waals surface area contributed by atoms with Gasteiger partial charge in [0, 0.05) is 18.1 Å². The van der Waals surface area contributed by atoms with Crippen molar-refractivity contribution in [1.29, 1.82) is 0 Å². The van der Waals surface area contributed by atoms with E-state index in [4.69, 9.17) is 9.47 Å². The van der Waals surface area contributed by atoms with Crippen LogP contribution in [-0.2, 0) is 9.53 Å². The first-order chi connectivity index (χ1) is 14.3. The number of carbonyl (C=O) groups is 1. The summed E-state index contributed by atoms with van der Waals surface area (Å²) in [4.78, 5) is 18.3. The van der Waals surface area contributed by atoms with Crippen LogP contribution in [0.1, 0.15) is 20.8 Å². The molecule has 5 nitrogen and oxygen atoms in total. The number of rotatable bonds is 8. The molecule has 3 aromatic rings. The number of benzene rings is 2. The Balaban J connectivity index is 1.66. The zero-order chi connectivity index (χ0) is 21.6. The Morgan fingerprint density at radius 1 is 1.10 bits per heavy atom. The van der Waals surface area contributed by atoms with Crippen molar-refractivity contribution in [3.8, 4) is 27.4 Å². The molecule has 0 atom stereocenters. The Bertz CT molecular complexity index is 950. The van der Waals surface area contributed by atoms with Gasteiger partial charge in [-0.15, -0.1) is 11.3 Å². The molecule has 0 unspecified atom stereocenters. The lowest BCUT2D eigenvalue weighted by atomic mass is 10.0. The average Bonchev–Trinajstić information content (AvgIpc) is 3.22. The normalized spacial score (nSPS) is 11.5. The first-order valence-corrected chi connectivity index (χ1v) is 10.8. The Kier molecular flexibility index (Phi) is 7.24. The van der Waals surface area contributed by atoms with Gasteiger partial charge < -0.3 is 9.47 Å². The van der Waals surface area contributed by atoms with Gasteiger partial charge in [0.2, 0.25) is 0 Å². The number of esters is 1. The molecule has 0 radical (unpaired) electrons. The van der Waals surface area contributed by atoms with Crippen molar-refractivity contribution in [3.05, 3.63) is 60.1 Å². The highest BCUT2D eigenvalue weighted by molar-refractivity contribution is 7.13. The van der Waals surface area contributed by atoms with Gasteiger partial charge in [-0.25, -0.2) is 4.98 Å². The Morgan fingerprint density at radius 3 is 2.53 bits per heavy atom. The van der Waals surface area contributed by atoms with Crippen molar-refractivity contribution in [2.75, 3.05) is 26.7 Å². The van der Waals surface area contributed by atoms with Gasteiger partial charge in [0.25, 0.3) is 0 Å². The third-order valence-corrected chi connectivity index (χ3v) is 5.11. The van der Waals surface area contributed by atoms with E-state index >= 15 is 0 Å². The maximum Gasteiger partial charge on any atom is 0.320 e. The topological polar surface area (TPSA) is 51.7 Å². The molecule has 0 aliphatic rings. The third kappa shape index (κ3) is 6.40. The maximum absolute atomic E-state index is 12.0. The second-order valence-corrected chi connectivity index (χ2v) is 8.98. The SMILES string of the molecule is CN(CCOc1ccc(-c2ccccc2)cc1-c1nccs1)CC(=O)OC(C)(C)C. The zero-order valence-electron chi connectivity index (χ0n) is 17.9. The van der Waals surface area contributed by atoms with Crippen molar-refractivity contribution in [2.45, 2.75) is 26.4 Å². The monoisotopic (exact) mass is 424 g/mol. The van der Waals surface area contributed by atoms with Crippen LogP contribution < -0.4 is 4.74 Å². The minimum atomic E-state index is -0.475. The van der Waals surface area contributed by atoms with Gasteiger partial charge in [0.15, 0.2) is 0 Å². The molecule has 0 saturated carbocycles. The second-order valence-electron chi connectivity index (χ2n) is 8.09. The molecular weight excluding hydrogens is 396 g/mol. The highest BCUT2D eigenvalue weighted by Crippen LogP contribution is 2.35. The van der Waals surface area contributed by atoms with Crippen LogP contribution in [0.5, 0.6) is 5.75 Å². The molecule has 0 fully saturated rings. The van der Waals surface area contributed by atoms with E-state index in [-0.39, 0.29) is 12.5 Å². The smallest absolute Gasteiger partial charge is 0.320 e. The van der Waals surface area contributed by atoms with Gasteiger partial charge in [0.1, 0.15) is 23.0 Å². The minimum absolute atomic E-state index is 0.229. The van der Waals surface area contributed by atoms with Crippen LogP contribution in [0.25, 0.3) is 21.7 Å². The van der Waals surface area contributed by atoms with Gasteiger partial charge in [-0.2, -0.15) is 0 Å². The van der Waals surface area contributed by atoms with E-state index < -0.39 is 5.60 Å². The van der Waals surface area contributed by atoms with Crippen LogP contribution in [0.4, 0.5) is 0 Å². The van der Waals surface area contributed by atoms with Crippen LogP contribution in [0.3, 0.4) is 0 Å². The molecule has 2 aromatic carbocycles. The number of hydrogen-bond donors (Lipinski definition) is 0. The molecule has 0 bridgehead atoms. The zero-order valence-corrected chi connectivity index (χ0v) is 18.7. The molecule has 0 saturated heterocycles. The molecule has 0 spiro atoms. The summed E-state index contributed by atoms with van der Waals surface area (Å²) in [5.74, 6) is 0.552. The molecule has 3 rings (SSSR count). The molecule has 30 heavy (non-hydrogen) atoms. The summed E-state index contributed by atoms with van der Waals surface area (Å²) < 4.78 is 11.4. The molecule has 1 aromatic heterocycles. The summed E-state index contributed by atoms with van der Waals surface area (Å²) in [6.07, 6.45) is 1.80. The molecule has 0 N–H and O–H groups in total. The fourth-order valence-electron chi connectivity index (χ4n) is 2.97. The van der Waals surface area contributed by atoms with Crippen LogP contribution >= 0.6 is 11.3 Å². The van der Waals surface area contributed by atoms with Gasteiger partial charge >= 0.3 is 5.97 Å². The predicted molar refractivity (Wildman–Crippen MR) is 122 cm³/mol. The van der Waals surface area contributed by atoms with E-state index in [1.165, 1.54) is 0 Å². The van der Waals surface area contributed by atoms with E-state index in [1.807, 2.05) is 62.4 Å². The quantitative estimate of drug-likeness (QED) is 0.469. The van der Waals surface area contributed by atoms with E-state index in [0.717, 1.165) is 27.4 Å². The number of carbonyl (C=O) groups excluding carboxylic acids is 1. The maximum atomic E-state index is 12.0.